The number of aromatic nitrogens is 2. The van der Waals surface area contributed by atoms with Gasteiger partial charge in [0.15, 0.2) is 0 Å². The Balaban J connectivity index is 2.20. The molecule has 0 spiro atoms. The number of rotatable bonds is 3. The van der Waals surface area contributed by atoms with Gasteiger partial charge < -0.3 is 4.98 Å². The molecule has 2 heterocycles. The lowest BCUT2D eigenvalue weighted by atomic mass is 10.1. The van der Waals surface area contributed by atoms with E-state index < -0.39 is 0 Å². The van der Waals surface area contributed by atoms with Crippen LogP contribution in [0.2, 0.25) is 0 Å². The van der Waals surface area contributed by atoms with Crippen LogP contribution in [0.4, 0.5) is 0 Å². The van der Waals surface area contributed by atoms with Gasteiger partial charge in [0.1, 0.15) is 5.82 Å². The van der Waals surface area contributed by atoms with E-state index in [2.05, 4.69) is 37.7 Å². The van der Waals surface area contributed by atoms with E-state index in [-0.39, 0.29) is 5.56 Å². The van der Waals surface area contributed by atoms with Gasteiger partial charge in [0.05, 0.1) is 5.25 Å². The lowest BCUT2D eigenvalue weighted by Gasteiger charge is -2.30. The molecule has 3 unspecified atom stereocenters. The van der Waals surface area contributed by atoms with Crippen molar-refractivity contribution in [2.45, 2.75) is 49.9 Å². The summed E-state index contributed by atoms with van der Waals surface area (Å²) < 4.78 is 0. The van der Waals surface area contributed by atoms with Crippen LogP contribution >= 0.6 is 23.5 Å². The van der Waals surface area contributed by atoms with Gasteiger partial charge >= 0.3 is 0 Å². The molecule has 19 heavy (non-hydrogen) atoms. The van der Waals surface area contributed by atoms with E-state index >= 15 is 0 Å². The second-order valence-electron chi connectivity index (χ2n) is 5.59. The van der Waals surface area contributed by atoms with Gasteiger partial charge in [0.2, 0.25) is 0 Å². The normalized spacial score (nSPS) is 27.7. The molecule has 2 rings (SSSR count). The molecule has 3 nitrogen and oxygen atoms in total. The van der Waals surface area contributed by atoms with Crippen molar-refractivity contribution in [1.82, 2.24) is 9.97 Å². The molecule has 1 aliphatic heterocycles. The average Bonchev–Trinajstić information content (AvgIpc) is 2.31. The van der Waals surface area contributed by atoms with Gasteiger partial charge in [0.25, 0.3) is 5.56 Å². The molecule has 0 bridgehead atoms. The molecule has 1 N–H and O–H groups in total. The Labute approximate surface area is 123 Å². The fourth-order valence-electron chi connectivity index (χ4n) is 2.13. The van der Waals surface area contributed by atoms with Crippen molar-refractivity contribution in [3.05, 3.63) is 27.9 Å². The summed E-state index contributed by atoms with van der Waals surface area (Å²) in [4.78, 5) is 19.4. The highest BCUT2D eigenvalue weighted by Crippen LogP contribution is 2.42. The summed E-state index contributed by atoms with van der Waals surface area (Å²) >= 11 is 3.90. The highest BCUT2D eigenvalue weighted by molar-refractivity contribution is 8.07. The van der Waals surface area contributed by atoms with Crippen molar-refractivity contribution in [1.29, 1.82) is 0 Å². The zero-order valence-corrected chi connectivity index (χ0v) is 13.6. The van der Waals surface area contributed by atoms with Gasteiger partial charge in [-0.3, -0.25) is 4.79 Å². The summed E-state index contributed by atoms with van der Waals surface area (Å²) in [5, 5.41) is 1.59. The SMILES string of the molecule is CC(C)Cc1cc(=O)[nH]c(C2CSC(C)C(C)S2)n1. The number of nitrogens with one attached hydrogen (secondary N) is 1. The van der Waals surface area contributed by atoms with Crippen LogP contribution in [0.25, 0.3) is 0 Å². The fraction of sp³-hybridized carbons (Fsp3) is 0.714. The zero-order chi connectivity index (χ0) is 14.0. The Hall–Kier alpha value is -0.420. The third kappa shape index (κ3) is 4.02. The number of thioether (sulfide) groups is 2. The minimum Gasteiger partial charge on any atom is -0.310 e. The van der Waals surface area contributed by atoms with Crippen molar-refractivity contribution >= 4 is 23.5 Å². The van der Waals surface area contributed by atoms with Crippen LogP contribution < -0.4 is 5.56 Å². The average molecular weight is 298 g/mol. The Morgan fingerprint density at radius 3 is 2.79 bits per heavy atom. The minimum atomic E-state index is -0.0162. The monoisotopic (exact) mass is 298 g/mol. The molecule has 0 aliphatic carbocycles. The quantitative estimate of drug-likeness (QED) is 0.930. The Bertz CT molecular complexity index is 487. The van der Waals surface area contributed by atoms with Crippen LogP contribution in [0, 0.1) is 5.92 Å². The maximum absolute atomic E-state index is 11.8. The lowest BCUT2D eigenvalue weighted by molar-refractivity contribution is 0.628. The van der Waals surface area contributed by atoms with Gasteiger partial charge in [-0.2, -0.15) is 11.8 Å². The second-order valence-corrected chi connectivity index (χ2v) is 8.58. The van der Waals surface area contributed by atoms with Crippen LogP contribution in [0.1, 0.15) is 44.5 Å². The van der Waals surface area contributed by atoms with Gasteiger partial charge in [-0.25, -0.2) is 4.98 Å². The summed E-state index contributed by atoms with van der Waals surface area (Å²) in [5.41, 5.74) is 0.906. The standard InChI is InChI=1S/C14H22N2OS2/c1-8(2)5-11-6-13(17)16-14(15-11)12-7-18-9(3)10(4)19-12/h6,8-10,12H,5,7H2,1-4H3,(H,15,16,17). The molecule has 5 heteroatoms. The number of aromatic amines is 1. The van der Waals surface area contributed by atoms with Crippen molar-refractivity contribution in [2.75, 3.05) is 5.75 Å². The van der Waals surface area contributed by atoms with Gasteiger partial charge in [-0.15, -0.1) is 11.8 Å². The molecule has 1 aromatic heterocycles. The van der Waals surface area contributed by atoms with E-state index in [4.69, 9.17) is 0 Å². The number of nitrogens with zero attached hydrogens (tertiary/aromatic N) is 1. The zero-order valence-electron chi connectivity index (χ0n) is 12.0. The molecule has 1 aliphatic rings. The maximum atomic E-state index is 11.8. The molecule has 3 atom stereocenters. The smallest absolute Gasteiger partial charge is 0.251 e. The summed E-state index contributed by atoms with van der Waals surface area (Å²) in [6.45, 7) is 8.82. The maximum Gasteiger partial charge on any atom is 0.251 e. The first-order valence-electron chi connectivity index (χ1n) is 6.83. The van der Waals surface area contributed by atoms with Gasteiger partial charge in [-0.05, 0) is 12.3 Å². The fourth-order valence-corrected chi connectivity index (χ4v) is 5.00. The molecule has 1 saturated heterocycles. The van der Waals surface area contributed by atoms with E-state index in [9.17, 15) is 4.79 Å². The van der Waals surface area contributed by atoms with E-state index in [1.54, 1.807) is 6.07 Å². The van der Waals surface area contributed by atoms with Crippen LogP contribution in [0.5, 0.6) is 0 Å². The predicted octanol–water partition coefficient (Wildman–Crippen LogP) is 3.27. The van der Waals surface area contributed by atoms with E-state index in [1.165, 1.54) is 0 Å². The Morgan fingerprint density at radius 1 is 1.42 bits per heavy atom. The topological polar surface area (TPSA) is 45.8 Å². The summed E-state index contributed by atoms with van der Waals surface area (Å²) in [7, 11) is 0. The second kappa shape index (κ2) is 6.35. The summed E-state index contributed by atoms with van der Waals surface area (Å²) in [5.74, 6) is 2.42. The molecule has 1 aromatic rings. The lowest BCUT2D eigenvalue weighted by Crippen LogP contribution is -2.25. The highest BCUT2D eigenvalue weighted by Gasteiger charge is 2.28. The van der Waals surface area contributed by atoms with Crippen LogP contribution in [0.15, 0.2) is 10.9 Å². The van der Waals surface area contributed by atoms with E-state index in [0.717, 1.165) is 23.7 Å². The van der Waals surface area contributed by atoms with Gasteiger partial charge in [-0.1, -0.05) is 27.7 Å². The molecule has 106 valence electrons. The number of hydrogen-bond acceptors (Lipinski definition) is 4. The summed E-state index contributed by atoms with van der Waals surface area (Å²) in [6, 6.07) is 1.64. The number of H-pyrrole nitrogens is 1. The molecule has 0 aromatic carbocycles. The molecule has 0 saturated carbocycles. The van der Waals surface area contributed by atoms with Crippen molar-refractivity contribution in [3.8, 4) is 0 Å². The van der Waals surface area contributed by atoms with Crippen molar-refractivity contribution in [2.24, 2.45) is 5.92 Å². The molecule has 0 radical (unpaired) electrons. The van der Waals surface area contributed by atoms with Crippen LogP contribution in [0.3, 0.4) is 0 Å². The molecule has 0 amide bonds. The largest absolute Gasteiger partial charge is 0.310 e. The summed E-state index contributed by atoms with van der Waals surface area (Å²) in [6.07, 6.45) is 0.868. The van der Waals surface area contributed by atoms with Crippen molar-refractivity contribution < 1.29 is 0 Å². The molecular weight excluding hydrogens is 276 g/mol. The third-order valence-corrected chi connectivity index (χ3v) is 6.68. The Kier molecular flexibility index (Phi) is 5.01. The van der Waals surface area contributed by atoms with Crippen LogP contribution in [-0.4, -0.2) is 26.2 Å². The third-order valence-electron chi connectivity index (χ3n) is 3.29. The first-order chi connectivity index (χ1) is 8.95. The van der Waals surface area contributed by atoms with E-state index in [0.29, 0.717) is 21.7 Å². The first kappa shape index (κ1) is 15.0. The van der Waals surface area contributed by atoms with Crippen LogP contribution in [-0.2, 0) is 6.42 Å². The molecule has 1 fully saturated rings. The molecular formula is C14H22N2OS2. The number of hydrogen-bond donors (Lipinski definition) is 1. The highest BCUT2D eigenvalue weighted by atomic mass is 32.2. The first-order valence-corrected chi connectivity index (χ1v) is 8.82. The predicted molar refractivity (Wildman–Crippen MR) is 85.1 cm³/mol. The van der Waals surface area contributed by atoms with Crippen molar-refractivity contribution in [3.63, 3.8) is 0 Å². The Morgan fingerprint density at radius 2 is 2.16 bits per heavy atom. The van der Waals surface area contributed by atoms with Gasteiger partial charge in [0, 0.05) is 28.0 Å². The van der Waals surface area contributed by atoms with E-state index in [1.807, 2.05) is 23.5 Å². The minimum absolute atomic E-state index is 0.0162.